The lowest BCUT2D eigenvalue weighted by atomic mass is 9.94. The number of aliphatic carboxylic acids is 1. The molecule has 0 aliphatic heterocycles. The Morgan fingerprint density at radius 2 is 1.26 bits per heavy atom. The van der Waals surface area contributed by atoms with Crippen molar-refractivity contribution < 1.29 is 29.4 Å². The van der Waals surface area contributed by atoms with Crippen LogP contribution in [0, 0.1) is 11.8 Å². The molecule has 3 amide bonds. The average Bonchev–Trinajstić information content (AvgIpc) is 2.80. The summed E-state index contributed by atoms with van der Waals surface area (Å²) < 4.78 is 0. The number of phenolic OH excluding ortho intramolecular Hbond substituents is 1. The van der Waals surface area contributed by atoms with Crippen molar-refractivity contribution >= 4 is 23.7 Å². The zero-order valence-corrected chi connectivity index (χ0v) is 20.5. The SMILES string of the molecule is CCC(C)C(NC(=O)C(C)N)C(=O)NC(C(=O)NC(Cc1ccc(O)cc1)C(=O)O)C(C)CC. The van der Waals surface area contributed by atoms with Gasteiger partial charge in [0.25, 0.3) is 0 Å². The van der Waals surface area contributed by atoms with Gasteiger partial charge >= 0.3 is 5.97 Å². The van der Waals surface area contributed by atoms with Crippen LogP contribution in [0.25, 0.3) is 0 Å². The van der Waals surface area contributed by atoms with Gasteiger partial charge in [0.2, 0.25) is 17.7 Å². The van der Waals surface area contributed by atoms with Gasteiger partial charge in [-0.2, -0.15) is 0 Å². The number of phenols is 1. The topological polar surface area (TPSA) is 171 Å². The molecule has 0 fully saturated rings. The Labute approximate surface area is 200 Å². The first-order chi connectivity index (χ1) is 15.9. The third-order valence-electron chi connectivity index (χ3n) is 5.99. The molecule has 10 heteroatoms. The van der Waals surface area contributed by atoms with Gasteiger partial charge in [0.05, 0.1) is 6.04 Å². The van der Waals surface area contributed by atoms with E-state index in [1.54, 1.807) is 19.1 Å². The summed E-state index contributed by atoms with van der Waals surface area (Å²) in [6.45, 7) is 8.83. The molecule has 1 rings (SSSR count). The first kappa shape index (κ1) is 28.9. The van der Waals surface area contributed by atoms with E-state index in [0.717, 1.165) is 0 Å². The summed E-state index contributed by atoms with van der Waals surface area (Å²) in [6, 6.07) is 2.08. The van der Waals surface area contributed by atoms with Crippen LogP contribution in [0.5, 0.6) is 5.75 Å². The summed E-state index contributed by atoms with van der Waals surface area (Å²) in [5.41, 5.74) is 6.24. The van der Waals surface area contributed by atoms with Crippen molar-refractivity contribution in [3.05, 3.63) is 29.8 Å². The van der Waals surface area contributed by atoms with Crippen LogP contribution in [0.2, 0.25) is 0 Å². The summed E-state index contributed by atoms with van der Waals surface area (Å²) in [7, 11) is 0. The fourth-order valence-electron chi connectivity index (χ4n) is 3.26. The summed E-state index contributed by atoms with van der Waals surface area (Å²) in [5.74, 6) is -3.34. The molecule has 0 saturated heterocycles. The molecule has 0 aliphatic rings. The van der Waals surface area contributed by atoms with Gasteiger partial charge in [-0.3, -0.25) is 14.4 Å². The summed E-state index contributed by atoms with van der Waals surface area (Å²) in [6.07, 6.45) is 1.15. The van der Waals surface area contributed by atoms with Crippen LogP contribution in [0.3, 0.4) is 0 Å². The Morgan fingerprint density at radius 1 is 0.824 bits per heavy atom. The second-order valence-corrected chi connectivity index (χ2v) is 8.80. The van der Waals surface area contributed by atoms with E-state index < -0.39 is 47.9 Å². The lowest BCUT2D eigenvalue weighted by Crippen LogP contribution is -2.60. The Kier molecular flexibility index (Phi) is 11.5. The van der Waals surface area contributed by atoms with Crippen molar-refractivity contribution in [2.75, 3.05) is 0 Å². The number of rotatable bonds is 13. The second-order valence-electron chi connectivity index (χ2n) is 8.80. The highest BCUT2D eigenvalue weighted by Gasteiger charge is 2.34. The standard InChI is InChI=1S/C24H38N4O6/c1-6-13(3)19(28-23(32)20(14(4)7-2)27-21(30)15(5)25)22(31)26-18(24(33)34)12-16-8-10-17(29)11-9-16/h8-11,13-15,18-20,29H,6-7,12,25H2,1-5H3,(H,26,31)(H,27,30)(H,28,32)(H,33,34). The number of carbonyl (C=O) groups excluding carboxylic acids is 3. The molecule has 0 heterocycles. The van der Waals surface area contributed by atoms with E-state index in [0.29, 0.717) is 18.4 Å². The van der Waals surface area contributed by atoms with Crippen molar-refractivity contribution in [2.45, 2.75) is 78.0 Å². The van der Waals surface area contributed by atoms with Crippen molar-refractivity contribution in [2.24, 2.45) is 17.6 Å². The maximum atomic E-state index is 13.1. The van der Waals surface area contributed by atoms with Crippen molar-refractivity contribution in [1.82, 2.24) is 16.0 Å². The van der Waals surface area contributed by atoms with Gasteiger partial charge in [-0.05, 0) is 36.5 Å². The molecule has 6 unspecified atom stereocenters. The lowest BCUT2D eigenvalue weighted by molar-refractivity contribution is -0.142. The van der Waals surface area contributed by atoms with Gasteiger partial charge in [0, 0.05) is 6.42 Å². The lowest BCUT2D eigenvalue weighted by Gasteiger charge is -2.30. The zero-order valence-electron chi connectivity index (χ0n) is 20.5. The van der Waals surface area contributed by atoms with Crippen LogP contribution in [0.4, 0.5) is 0 Å². The molecule has 1 aromatic carbocycles. The number of aromatic hydroxyl groups is 1. The smallest absolute Gasteiger partial charge is 0.326 e. The van der Waals surface area contributed by atoms with Gasteiger partial charge in [0.1, 0.15) is 23.9 Å². The number of nitrogens with two attached hydrogens (primary N) is 1. The number of carbonyl (C=O) groups is 4. The number of amides is 3. The van der Waals surface area contributed by atoms with Crippen molar-refractivity contribution in [3.63, 3.8) is 0 Å². The third kappa shape index (κ3) is 8.66. The van der Waals surface area contributed by atoms with Gasteiger partial charge in [-0.15, -0.1) is 0 Å². The molecule has 190 valence electrons. The fourth-order valence-corrected chi connectivity index (χ4v) is 3.26. The maximum Gasteiger partial charge on any atom is 0.326 e. The van der Waals surface area contributed by atoms with E-state index in [9.17, 15) is 29.4 Å². The molecule has 6 atom stereocenters. The highest BCUT2D eigenvalue weighted by Crippen LogP contribution is 2.14. The van der Waals surface area contributed by atoms with Crippen LogP contribution < -0.4 is 21.7 Å². The van der Waals surface area contributed by atoms with Crippen LogP contribution in [-0.4, -0.2) is 58.1 Å². The Balaban J connectivity index is 3.05. The Hall–Kier alpha value is -3.14. The van der Waals surface area contributed by atoms with Gasteiger partial charge in [0.15, 0.2) is 0 Å². The minimum Gasteiger partial charge on any atom is -0.508 e. The number of hydrogen-bond acceptors (Lipinski definition) is 6. The molecular formula is C24H38N4O6. The molecule has 0 bridgehead atoms. The number of carboxylic acids is 1. The first-order valence-corrected chi connectivity index (χ1v) is 11.6. The monoisotopic (exact) mass is 478 g/mol. The maximum absolute atomic E-state index is 13.1. The van der Waals surface area contributed by atoms with Crippen molar-refractivity contribution in [1.29, 1.82) is 0 Å². The predicted molar refractivity (Wildman–Crippen MR) is 128 cm³/mol. The molecule has 34 heavy (non-hydrogen) atoms. The van der Waals surface area contributed by atoms with E-state index in [1.807, 2.05) is 20.8 Å². The number of nitrogens with one attached hydrogen (secondary N) is 3. The third-order valence-corrected chi connectivity index (χ3v) is 5.99. The minimum atomic E-state index is -1.23. The number of hydrogen-bond donors (Lipinski definition) is 6. The zero-order chi connectivity index (χ0) is 26.0. The Morgan fingerprint density at radius 3 is 1.68 bits per heavy atom. The molecule has 1 aromatic rings. The van der Waals surface area contributed by atoms with E-state index in [4.69, 9.17) is 5.73 Å². The van der Waals surface area contributed by atoms with E-state index in [1.165, 1.54) is 19.1 Å². The van der Waals surface area contributed by atoms with E-state index >= 15 is 0 Å². The van der Waals surface area contributed by atoms with Crippen LogP contribution in [0.1, 0.15) is 53.0 Å². The van der Waals surface area contributed by atoms with Crippen LogP contribution >= 0.6 is 0 Å². The summed E-state index contributed by atoms with van der Waals surface area (Å²) in [5, 5.41) is 26.9. The fraction of sp³-hybridized carbons (Fsp3) is 0.583. The van der Waals surface area contributed by atoms with E-state index in [-0.39, 0.29) is 24.0 Å². The molecule has 10 nitrogen and oxygen atoms in total. The first-order valence-electron chi connectivity index (χ1n) is 11.6. The van der Waals surface area contributed by atoms with Crippen molar-refractivity contribution in [3.8, 4) is 5.75 Å². The Bertz CT molecular complexity index is 842. The summed E-state index contributed by atoms with van der Waals surface area (Å²) in [4.78, 5) is 50.1. The predicted octanol–water partition coefficient (Wildman–Crippen LogP) is 0.913. The highest BCUT2D eigenvalue weighted by molar-refractivity contribution is 5.94. The molecule has 0 saturated carbocycles. The van der Waals surface area contributed by atoms with Crippen LogP contribution in [-0.2, 0) is 25.6 Å². The molecule has 0 aliphatic carbocycles. The molecule has 0 radical (unpaired) electrons. The molecular weight excluding hydrogens is 440 g/mol. The van der Waals surface area contributed by atoms with Gasteiger partial charge in [-0.25, -0.2) is 4.79 Å². The average molecular weight is 479 g/mol. The quantitative estimate of drug-likeness (QED) is 0.245. The summed E-state index contributed by atoms with van der Waals surface area (Å²) >= 11 is 0. The minimum absolute atomic E-state index is 0.00245. The normalized spacial score (nSPS) is 16.3. The molecule has 0 spiro atoms. The highest BCUT2D eigenvalue weighted by atomic mass is 16.4. The second kappa shape index (κ2) is 13.5. The van der Waals surface area contributed by atoms with Gasteiger partial charge in [-0.1, -0.05) is 52.7 Å². The van der Waals surface area contributed by atoms with Gasteiger partial charge < -0.3 is 31.9 Å². The van der Waals surface area contributed by atoms with E-state index in [2.05, 4.69) is 16.0 Å². The number of benzene rings is 1. The molecule has 0 aromatic heterocycles. The van der Waals surface area contributed by atoms with Crippen LogP contribution in [0.15, 0.2) is 24.3 Å². The number of carboxylic acid groups (broad SMARTS) is 1. The largest absolute Gasteiger partial charge is 0.508 e. The molecule has 7 N–H and O–H groups in total.